The van der Waals surface area contributed by atoms with E-state index in [2.05, 4.69) is 167 Å². The number of hydrogen-bond donors (Lipinski definition) is 0. The number of carbonyl (C=O) groups is 3. The maximum absolute atomic E-state index is 12.9. The molecule has 6 heteroatoms. The lowest BCUT2D eigenvalue weighted by molar-refractivity contribution is -0.166. The van der Waals surface area contributed by atoms with Gasteiger partial charge in [-0.25, -0.2) is 0 Å². The first-order valence-electron chi connectivity index (χ1n) is 29.5. The minimum Gasteiger partial charge on any atom is -0.462 e. The SMILES string of the molecule is CC/C=C\C/C=C\C/C=C\C/C=C\C/C=C\C/C=C\CCC(=O)OCC(COC(=O)CCCCCCC\C=C/C=C\C=C/CCCCCCC)OC(=O)CCCCCCCC/C=C\C/C=C\C/C=C\C/C=C\CC. The molecule has 0 bridgehead atoms. The van der Waals surface area contributed by atoms with E-state index >= 15 is 0 Å². The van der Waals surface area contributed by atoms with Crippen LogP contribution in [-0.2, 0) is 28.6 Å². The first-order chi connectivity index (χ1) is 36.5. The third kappa shape index (κ3) is 57.9. The van der Waals surface area contributed by atoms with Crippen LogP contribution in [0.5, 0.6) is 0 Å². The van der Waals surface area contributed by atoms with Gasteiger partial charge in [0, 0.05) is 19.3 Å². The average molecular weight is 1020 g/mol. The van der Waals surface area contributed by atoms with Gasteiger partial charge in [-0.3, -0.25) is 14.4 Å². The Balaban J connectivity index is 4.60. The van der Waals surface area contributed by atoms with Crippen LogP contribution in [0, 0.1) is 0 Å². The molecule has 0 aliphatic rings. The molecule has 0 aliphatic heterocycles. The Hall–Kier alpha value is -4.97. The van der Waals surface area contributed by atoms with Crippen LogP contribution in [0.3, 0.4) is 0 Å². The first kappa shape index (κ1) is 69.0. The van der Waals surface area contributed by atoms with Crippen LogP contribution < -0.4 is 0 Å². The Kier molecular flexibility index (Phi) is 56.5. The zero-order valence-electron chi connectivity index (χ0n) is 47.3. The van der Waals surface area contributed by atoms with E-state index < -0.39 is 6.10 Å². The maximum atomic E-state index is 12.9. The average Bonchev–Trinajstić information content (AvgIpc) is 3.40. The molecule has 0 saturated carbocycles. The van der Waals surface area contributed by atoms with Crippen LogP contribution in [0.25, 0.3) is 0 Å². The summed E-state index contributed by atoms with van der Waals surface area (Å²) in [5.41, 5.74) is 0. The van der Waals surface area contributed by atoms with Crippen LogP contribution in [0.4, 0.5) is 0 Å². The molecule has 0 aromatic carbocycles. The molecule has 74 heavy (non-hydrogen) atoms. The normalized spacial score (nSPS) is 13.3. The summed E-state index contributed by atoms with van der Waals surface area (Å²) in [5, 5.41) is 0. The van der Waals surface area contributed by atoms with Crippen LogP contribution in [0.15, 0.2) is 158 Å². The predicted octanol–water partition coefficient (Wildman–Crippen LogP) is 20.1. The molecule has 0 saturated heterocycles. The number of carbonyl (C=O) groups excluding carboxylic acids is 3. The van der Waals surface area contributed by atoms with E-state index in [0.29, 0.717) is 12.8 Å². The highest BCUT2D eigenvalue weighted by atomic mass is 16.6. The van der Waals surface area contributed by atoms with Crippen LogP contribution in [0.1, 0.15) is 233 Å². The Bertz CT molecular complexity index is 1690. The van der Waals surface area contributed by atoms with E-state index in [4.69, 9.17) is 14.2 Å². The molecule has 1 atom stereocenters. The van der Waals surface area contributed by atoms with Gasteiger partial charge in [-0.1, -0.05) is 249 Å². The summed E-state index contributed by atoms with van der Waals surface area (Å²) in [6, 6.07) is 0. The number of rotatable bonds is 51. The van der Waals surface area contributed by atoms with Gasteiger partial charge in [0.15, 0.2) is 6.10 Å². The second-order valence-electron chi connectivity index (χ2n) is 18.8. The molecule has 0 heterocycles. The van der Waals surface area contributed by atoms with Crippen LogP contribution >= 0.6 is 0 Å². The molecule has 0 fully saturated rings. The van der Waals surface area contributed by atoms with Crippen molar-refractivity contribution in [1.29, 1.82) is 0 Å². The Morgan fingerprint density at radius 1 is 0.297 bits per heavy atom. The van der Waals surface area contributed by atoms with Crippen molar-refractivity contribution in [3.05, 3.63) is 158 Å². The number of unbranched alkanes of at least 4 members (excludes halogenated alkanes) is 16. The van der Waals surface area contributed by atoms with Gasteiger partial charge in [0.2, 0.25) is 0 Å². The molecule has 0 aromatic rings. The Morgan fingerprint density at radius 3 is 1.01 bits per heavy atom. The monoisotopic (exact) mass is 1020 g/mol. The van der Waals surface area contributed by atoms with Crippen molar-refractivity contribution in [2.45, 2.75) is 239 Å². The van der Waals surface area contributed by atoms with Crippen molar-refractivity contribution in [1.82, 2.24) is 0 Å². The highest BCUT2D eigenvalue weighted by molar-refractivity contribution is 5.71. The smallest absolute Gasteiger partial charge is 0.306 e. The number of hydrogen-bond acceptors (Lipinski definition) is 6. The van der Waals surface area contributed by atoms with Gasteiger partial charge in [0.05, 0.1) is 0 Å². The minimum atomic E-state index is -0.834. The molecule has 6 nitrogen and oxygen atoms in total. The Labute approximate surface area is 454 Å². The van der Waals surface area contributed by atoms with E-state index in [1.807, 2.05) is 12.2 Å². The van der Waals surface area contributed by atoms with Gasteiger partial charge in [-0.05, 0) is 122 Å². The highest BCUT2D eigenvalue weighted by Crippen LogP contribution is 2.13. The lowest BCUT2D eigenvalue weighted by Crippen LogP contribution is -2.30. The third-order valence-electron chi connectivity index (χ3n) is 11.8. The highest BCUT2D eigenvalue weighted by Gasteiger charge is 2.19. The summed E-state index contributed by atoms with van der Waals surface area (Å²) in [5.74, 6) is -1.05. The lowest BCUT2D eigenvalue weighted by Gasteiger charge is -2.18. The minimum absolute atomic E-state index is 0.125. The molecule has 0 rings (SSSR count). The molecule has 1 unspecified atom stereocenters. The number of ether oxygens (including phenoxy) is 3. The van der Waals surface area contributed by atoms with Crippen molar-refractivity contribution in [3.8, 4) is 0 Å². The summed E-state index contributed by atoms with van der Waals surface area (Å²) in [4.78, 5) is 38.2. The molecule has 0 aliphatic carbocycles. The number of esters is 3. The van der Waals surface area contributed by atoms with Crippen molar-refractivity contribution < 1.29 is 28.6 Å². The molecular weight excluding hydrogens is 913 g/mol. The van der Waals surface area contributed by atoms with E-state index in [0.717, 1.165) is 141 Å². The second-order valence-corrected chi connectivity index (χ2v) is 18.8. The zero-order chi connectivity index (χ0) is 53.6. The van der Waals surface area contributed by atoms with E-state index in [-0.39, 0.29) is 44.0 Å². The molecule has 0 radical (unpaired) electrons. The third-order valence-corrected chi connectivity index (χ3v) is 11.8. The van der Waals surface area contributed by atoms with Crippen LogP contribution in [-0.4, -0.2) is 37.2 Å². The summed E-state index contributed by atoms with van der Waals surface area (Å²) in [7, 11) is 0. The molecule has 0 amide bonds. The quantitative estimate of drug-likeness (QED) is 0.0199. The standard InChI is InChI=1S/C68H106O6/c1-4-7-10-13-16-19-22-25-28-31-34-37-40-43-46-49-52-55-58-61-67(70)73-64-65(63-72-66(69)60-57-54-51-48-45-42-39-36-33-30-27-24-21-18-15-12-9-6-3)74-68(71)62-59-56-53-50-47-44-41-38-35-32-29-26-23-20-17-14-11-8-5-2/h7-8,10-11,16-17,19-20,24-30,33-39,43,46,52,55,65H,4-6,9,12-15,18,21-23,31-32,40-42,44-45,47-51,53-54,56-64H2,1-3H3/b10-7-,11-8-,19-16-,20-17-,27-24-,28-25-,29-26-,33-30-,37-34-,38-35-,39-36-,46-43-,55-52-. The number of allylic oxidation sites excluding steroid dienone is 26. The molecule has 0 aromatic heterocycles. The molecular formula is C68H106O6. The Morgan fingerprint density at radius 2 is 0.608 bits per heavy atom. The van der Waals surface area contributed by atoms with Gasteiger partial charge in [-0.15, -0.1) is 0 Å². The summed E-state index contributed by atoms with van der Waals surface area (Å²) in [6.45, 7) is 6.29. The first-order valence-corrected chi connectivity index (χ1v) is 29.5. The van der Waals surface area contributed by atoms with E-state index in [9.17, 15) is 14.4 Å². The largest absolute Gasteiger partial charge is 0.462 e. The maximum Gasteiger partial charge on any atom is 0.306 e. The molecule has 0 spiro atoms. The van der Waals surface area contributed by atoms with E-state index in [1.165, 1.54) is 44.9 Å². The summed E-state index contributed by atoms with van der Waals surface area (Å²) < 4.78 is 16.8. The van der Waals surface area contributed by atoms with Gasteiger partial charge in [-0.2, -0.15) is 0 Å². The fourth-order valence-corrected chi connectivity index (χ4v) is 7.46. The molecule has 414 valence electrons. The fraction of sp³-hybridized carbons (Fsp3) is 0.574. The van der Waals surface area contributed by atoms with Crippen molar-refractivity contribution in [3.63, 3.8) is 0 Å². The van der Waals surface area contributed by atoms with Gasteiger partial charge in [0.25, 0.3) is 0 Å². The fourth-order valence-electron chi connectivity index (χ4n) is 7.46. The van der Waals surface area contributed by atoms with Crippen LogP contribution in [0.2, 0.25) is 0 Å². The van der Waals surface area contributed by atoms with Crippen molar-refractivity contribution >= 4 is 17.9 Å². The van der Waals surface area contributed by atoms with E-state index in [1.54, 1.807) is 0 Å². The summed E-state index contributed by atoms with van der Waals surface area (Å²) in [6.07, 6.45) is 88.1. The van der Waals surface area contributed by atoms with Gasteiger partial charge < -0.3 is 14.2 Å². The van der Waals surface area contributed by atoms with Crippen molar-refractivity contribution in [2.75, 3.05) is 13.2 Å². The molecule has 0 N–H and O–H groups in total. The zero-order valence-corrected chi connectivity index (χ0v) is 47.3. The van der Waals surface area contributed by atoms with Gasteiger partial charge >= 0.3 is 17.9 Å². The van der Waals surface area contributed by atoms with Crippen molar-refractivity contribution in [2.24, 2.45) is 0 Å². The second kappa shape index (κ2) is 60.6. The lowest BCUT2D eigenvalue weighted by atomic mass is 10.1. The topological polar surface area (TPSA) is 78.9 Å². The summed E-state index contributed by atoms with van der Waals surface area (Å²) >= 11 is 0. The van der Waals surface area contributed by atoms with Gasteiger partial charge in [0.1, 0.15) is 13.2 Å². The predicted molar refractivity (Wildman–Crippen MR) is 320 cm³/mol.